The van der Waals surface area contributed by atoms with Crippen LogP contribution in [-0.2, 0) is 11.2 Å². The third-order valence-electron chi connectivity index (χ3n) is 4.67. The molecule has 0 N–H and O–H groups in total. The Bertz CT molecular complexity index is 428. The molecule has 1 aromatic rings. The number of aromatic nitrogens is 1. The van der Waals surface area contributed by atoms with Crippen LogP contribution in [-0.4, -0.2) is 10.8 Å². The Hall–Kier alpha value is -1.18. The van der Waals surface area contributed by atoms with Gasteiger partial charge in [0, 0.05) is 24.2 Å². The molecule has 0 bridgehead atoms. The van der Waals surface area contributed by atoms with E-state index in [-0.39, 0.29) is 16.7 Å². The highest BCUT2D eigenvalue weighted by atomic mass is 16.1. The second-order valence-electron chi connectivity index (χ2n) is 6.35. The standard InChI is InChI=1S/C15H21NO/c1-10-6-7-11(16-9-10)8-12(17)13-14(2,3)15(13,4)5/h6-7,9,13H,8H2,1-5H3. The molecular formula is C15H21NO. The van der Waals surface area contributed by atoms with Gasteiger partial charge in [-0.1, -0.05) is 33.8 Å². The summed E-state index contributed by atoms with van der Waals surface area (Å²) < 4.78 is 0. The Morgan fingerprint density at radius 3 is 2.24 bits per heavy atom. The Morgan fingerprint density at radius 2 is 1.82 bits per heavy atom. The number of pyridine rings is 1. The summed E-state index contributed by atoms with van der Waals surface area (Å²) in [6, 6.07) is 3.97. The molecule has 0 unspecified atom stereocenters. The lowest BCUT2D eigenvalue weighted by Crippen LogP contribution is -2.11. The predicted molar refractivity (Wildman–Crippen MR) is 68.7 cm³/mol. The maximum absolute atomic E-state index is 12.3. The number of carbonyl (C=O) groups is 1. The van der Waals surface area contributed by atoms with Crippen LogP contribution < -0.4 is 0 Å². The minimum Gasteiger partial charge on any atom is -0.299 e. The van der Waals surface area contributed by atoms with E-state index in [4.69, 9.17) is 0 Å². The van der Waals surface area contributed by atoms with Crippen molar-refractivity contribution >= 4 is 5.78 Å². The van der Waals surface area contributed by atoms with Crippen molar-refractivity contribution in [3.8, 4) is 0 Å². The van der Waals surface area contributed by atoms with Crippen molar-refractivity contribution in [2.45, 2.75) is 41.0 Å². The largest absolute Gasteiger partial charge is 0.299 e. The van der Waals surface area contributed by atoms with Crippen LogP contribution in [0.2, 0.25) is 0 Å². The number of nitrogens with zero attached hydrogens (tertiary/aromatic N) is 1. The fourth-order valence-corrected chi connectivity index (χ4v) is 2.88. The zero-order valence-electron chi connectivity index (χ0n) is 11.4. The van der Waals surface area contributed by atoms with Crippen molar-refractivity contribution in [2.75, 3.05) is 0 Å². The van der Waals surface area contributed by atoms with Gasteiger partial charge in [-0.2, -0.15) is 0 Å². The summed E-state index contributed by atoms with van der Waals surface area (Å²) in [5.41, 5.74) is 2.29. The number of rotatable bonds is 3. The first kappa shape index (κ1) is 12.3. The number of hydrogen-bond donors (Lipinski definition) is 0. The molecule has 1 fully saturated rings. The van der Waals surface area contributed by atoms with E-state index < -0.39 is 0 Å². The second kappa shape index (κ2) is 3.66. The third kappa shape index (κ3) is 1.90. The van der Waals surface area contributed by atoms with Crippen LogP contribution >= 0.6 is 0 Å². The van der Waals surface area contributed by atoms with E-state index in [0.29, 0.717) is 12.2 Å². The van der Waals surface area contributed by atoms with Crippen LogP contribution in [0.4, 0.5) is 0 Å². The van der Waals surface area contributed by atoms with Gasteiger partial charge < -0.3 is 0 Å². The van der Waals surface area contributed by atoms with Gasteiger partial charge in [-0.15, -0.1) is 0 Å². The van der Waals surface area contributed by atoms with Gasteiger partial charge in [0.15, 0.2) is 0 Å². The number of hydrogen-bond acceptors (Lipinski definition) is 2. The first-order chi connectivity index (χ1) is 7.76. The van der Waals surface area contributed by atoms with E-state index in [0.717, 1.165) is 11.3 Å². The van der Waals surface area contributed by atoms with E-state index in [1.807, 2.05) is 25.3 Å². The van der Waals surface area contributed by atoms with E-state index in [1.54, 1.807) is 0 Å². The van der Waals surface area contributed by atoms with E-state index >= 15 is 0 Å². The molecular weight excluding hydrogens is 210 g/mol. The lowest BCUT2D eigenvalue weighted by atomic mass is 10.0. The lowest BCUT2D eigenvalue weighted by Gasteiger charge is -2.03. The fraction of sp³-hybridized carbons (Fsp3) is 0.600. The maximum Gasteiger partial charge on any atom is 0.143 e. The Morgan fingerprint density at radius 1 is 1.24 bits per heavy atom. The summed E-state index contributed by atoms with van der Waals surface area (Å²) in [7, 11) is 0. The van der Waals surface area contributed by atoms with E-state index in [2.05, 4.69) is 32.7 Å². The SMILES string of the molecule is Cc1ccc(CC(=O)C2C(C)(C)C2(C)C)nc1. The summed E-state index contributed by atoms with van der Waals surface area (Å²) in [5.74, 6) is 0.509. The number of ketones is 1. The predicted octanol–water partition coefficient (Wildman–Crippen LogP) is 3.18. The van der Waals surface area contributed by atoms with Gasteiger partial charge in [-0.25, -0.2) is 0 Å². The van der Waals surface area contributed by atoms with Crippen LogP contribution in [0, 0.1) is 23.7 Å². The van der Waals surface area contributed by atoms with Crippen LogP contribution in [0.1, 0.15) is 39.0 Å². The smallest absolute Gasteiger partial charge is 0.143 e. The molecule has 0 aromatic carbocycles. The Kier molecular flexibility index (Phi) is 2.64. The van der Waals surface area contributed by atoms with Gasteiger partial charge in [0.05, 0.1) is 0 Å². The highest BCUT2D eigenvalue weighted by molar-refractivity contribution is 5.87. The maximum atomic E-state index is 12.3. The quantitative estimate of drug-likeness (QED) is 0.799. The molecule has 1 aromatic heterocycles. The van der Waals surface area contributed by atoms with Crippen molar-refractivity contribution in [2.24, 2.45) is 16.7 Å². The molecule has 1 aliphatic carbocycles. The van der Waals surface area contributed by atoms with E-state index in [1.165, 1.54) is 0 Å². The molecule has 92 valence electrons. The zero-order chi connectivity index (χ0) is 12.8. The first-order valence-electron chi connectivity index (χ1n) is 6.21. The first-order valence-corrected chi connectivity index (χ1v) is 6.21. The van der Waals surface area contributed by atoms with Crippen molar-refractivity contribution in [1.82, 2.24) is 4.98 Å². The molecule has 0 radical (unpaired) electrons. The summed E-state index contributed by atoms with van der Waals surface area (Å²) in [5, 5.41) is 0. The highest BCUT2D eigenvalue weighted by Crippen LogP contribution is 2.68. The van der Waals surface area contributed by atoms with Gasteiger partial charge >= 0.3 is 0 Å². The monoisotopic (exact) mass is 231 g/mol. The number of Topliss-reactive ketones (excluding diaryl/α,β-unsaturated/α-hetero) is 1. The van der Waals surface area contributed by atoms with Gasteiger partial charge in [0.25, 0.3) is 0 Å². The number of carbonyl (C=O) groups excluding carboxylic acids is 1. The van der Waals surface area contributed by atoms with Gasteiger partial charge in [0.1, 0.15) is 5.78 Å². The van der Waals surface area contributed by atoms with Gasteiger partial charge in [-0.3, -0.25) is 9.78 Å². The van der Waals surface area contributed by atoms with E-state index in [9.17, 15) is 4.79 Å². The van der Waals surface area contributed by atoms with Crippen LogP contribution in [0.15, 0.2) is 18.3 Å². The third-order valence-corrected chi connectivity index (χ3v) is 4.67. The molecule has 0 amide bonds. The minimum atomic E-state index is 0.134. The lowest BCUT2D eigenvalue weighted by molar-refractivity contribution is -0.120. The molecule has 0 spiro atoms. The molecule has 1 heterocycles. The van der Waals surface area contributed by atoms with Crippen molar-refractivity contribution in [1.29, 1.82) is 0 Å². The Balaban J connectivity index is 2.07. The molecule has 0 saturated heterocycles. The van der Waals surface area contributed by atoms with Crippen molar-refractivity contribution < 1.29 is 4.79 Å². The zero-order valence-corrected chi connectivity index (χ0v) is 11.4. The van der Waals surface area contributed by atoms with Crippen molar-refractivity contribution in [3.63, 3.8) is 0 Å². The molecule has 1 saturated carbocycles. The summed E-state index contributed by atoms with van der Waals surface area (Å²) in [4.78, 5) is 16.6. The number of aryl methyl sites for hydroxylation is 1. The summed E-state index contributed by atoms with van der Waals surface area (Å²) in [6.07, 6.45) is 2.30. The molecule has 2 rings (SSSR count). The molecule has 0 aliphatic heterocycles. The van der Waals surface area contributed by atoms with Crippen LogP contribution in [0.3, 0.4) is 0 Å². The fourth-order valence-electron chi connectivity index (χ4n) is 2.88. The highest BCUT2D eigenvalue weighted by Gasteiger charge is 2.67. The average Bonchev–Trinajstić information content (AvgIpc) is 2.61. The van der Waals surface area contributed by atoms with Crippen LogP contribution in [0.5, 0.6) is 0 Å². The van der Waals surface area contributed by atoms with Crippen LogP contribution in [0.25, 0.3) is 0 Å². The average molecular weight is 231 g/mol. The minimum absolute atomic E-state index is 0.134. The Labute approximate surface area is 103 Å². The normalized spacial score (nSPS) is 21.2. The molecule has 1 aliphatic rings. The summed E-state index contributed by atoms with van der Waals surface area (Å²) in [6.45, 7) is 10.7. The topological polar surface area (TPSA) is 30.0 Å². The summed E-state index contributed by atoms with van der Waals surface area (Å²) >= 11 is 0. The molecule has 17 heavy (non-hydrogen) atoms. The molecule has 0 atom stereocenters. The van der Waals surface area contributed by atoms with Crippen molar-refractivity contribution in [3.05, 3.63) is 29.6 Å². The van der Waals surface area contributed by atoms with Gasteiger partial charge in [-0.05, 0) is 29.4 Å². The second-order valence-corrected chi connectivity index (χ2v) is 6.35. The van der Waals surface area contributed by atoms with Gasteiger partial charge in [0.2, 0.25) is 0 Å². The molecule has 2 heteroatoms. The molecule has 2 nitrogen and oxygen atoms in total.